The van der Waals surface area contributed by atoms with Gasteiger partial charge in [0.05, 0.1) is 17.3 Å². The Bertz CT molecular complexity index is 1140. The monoisotopic (exact) mass is 433 g/mol. The highest BCUT2D eigenvalue weighted by Crippen LogP contribution is 2.51. The van der Waals surface area contributed by atoms with Crippen molar-refractivity contribution in [1.29, 1.82) is 0 Å². The van der Waals surface area contributed by atoms with Crippen molar-refractivity contribution >= 4 is 23.5 Å². The molecule has 1 saturated carbocycles. The van der Waals surface area contributed by atoms with Gasteiger partial charge in [0, 0.05) is 16.2 Å². The van der Waals surface area contributed by atoms with Crippen LogP contribution in [-0.4, -0.2) is 24.7 Å². The van der Waals surface area contributed by atoms with Gasteiger partial charge in [0.1, 0.15) is 0 Å². The van der Waals surface area contributed by atoms with E-state index in [1.54, 1.807) is 18.1 Å². The highest BCUT2D eigenvalue weighted by molar-refractivity contribution is 7.97. The van der Waals surface area contributed by atoms with Crippen LogP contribution in [0.3, 0.4) is 0 Å². The number of aryl methyl sites for hydroxylation is 1. The maximum atomic E-state index is 13.2. The molecule has 1 aromatic heterocycles. The largest absolute Gasteiger partial charge is 0.454 e. The van der Waals surface area contributed by atoms with Crippen molar-refractivity contribution in [2.45, 2.75) is 30.1 Å². The Morgan fingerprint density at radius 3 is 2.58 bits per heavy atom. The maximum absolute atomic E-state index is 13.2. The summed E-state index contributed by atoms with van der Waals surface area (Å²) in [6.07, 6.45) is 3.35. The van der Waals surface area contributed by atoms with E-state index in [0.717, 1.165) is 45.9 Å². The molecule has 1 fully saturated rings. The first-order chi connectivity index (χ1) is 15.1. The van der Waals surface area contributed by atoms with Gasteiger partial charge in [0.25, 0.3) is 0 Å². The molecule has 0 spiro atoms. The van der Waals surface area contributed by atoms with Crippen LogP contribution in [0.15, 0.2) is 59.6 Å². The second-order valence-electron chi connectivity index (χ2n) is 7.79. The number of benzene rings is 2. The molecule has 0 unspecified atom stereocenters. The third-order valence-electron chi connectivity index (χ3n) is 5.84. The van der Waals surface area contributed by atoms with Crippen LogP contribution in [0.5, 0.6) is 11.5 Å². The van der Waals surface area contributed by atoms with E-state index in [9.17, 15) is 4.79 Å². The number of pyridine rings is 1. The summed E-state index contributed by atoms with van der Waals surface area (Å²) >= 11 is 1.57. The number of ether oxygens (including phenoxy) is 2. The minimum absolute atomic E-state index is 0.0104. The average molecular weight is 434 g/mol. The first-order valence-electron chi connectivity index (χ1n) is 10.2. The zero-order valence-electron chi connectivity index (χ0n) is 17.4. The number of nitrogens with one attached hydrogen (secondary N) is 2. The number of rotatable bonds is 6. The molecule has 1 aliphatic carbocycles. The van der Waals surface area contributed by atoms with E-state index in [0.29, 0.717) is 11.4 Å². The van der Waals surface area contributed by atoms with Crippen molar-refractivity contribution < 1.29 is 14.3 Å². The fourth-order valence-electron chi connectivity index (χ4n) is 3.93. The number of nitrogens with zero attached hydrogens (tertiary/aromatic N) is 1. The lowest BCUT2D eigenvalue weighted by atomic mass is 9.94. The van der Waals surface area contributed by atoms with E-state index in [1.165, 1.54) is 0 Å². The topological polar surface area (TPSA) is 72.5 Å². The molecule has 0 bridgehead atoms. The van der Waals surface area contributed by atoms with Gasteiger partial charge < -0.3 is 14.8 Å². The number of hydrogen-bond donors (Lipinski definition) is 2. The van der Waals surface area contributed by atoms with Crippen LogP contribution in [0.2, 0.25) is 0 Å². The lowest BCUT2D eigenvalue weighted by Gasteiger charge is -2.17. The summed E-state index contributed by atoms with van der Waals surface area (Å²) in [7, 11) is 1.90. The molecule has 5 rings (SSSR count). The van der Waals surface area contributed by atoms with Crippen LogP contribution in [0.4, 0.5) is 5.69 Å². The van der Waals surface area contributed by atoms with E-state index in [4.69, 9.17) is 9.47 Å². The van der Waals surface area contributed by atoms with Crippen molar-refractivity contribution in [3.05, 3.63) is 66.0 Å². The predicted octanol–water partition coefficient (Wildman–Crippen LogP) is 4.68. The predicted molar refractivity (Wildman–Crippen MR) is 121 cm³/mol. The Labute approximate surface area is 185 Å². The number of anilines is 1. The van der Waals surface area contributed by atoms with E-state index in [2.05, 4.69) is 39.3 Å². The van der Waals surface area contributed by atoms with Crippen molar-refractivity contribution in [2.75, 3.05) is 19.2 Å². The van der Waals surface area contributed by atoms with Crippen LogP contribution in [0.25, 0.3) is 11.1 Å². The average Bonchev–Trinajstić information content (AvgIpc) is 3.47. The zero-order chi connectivity index (χ0) is 21.4. The Morgan fingerprint density at radius 1 is 1.06 bits per heavy atom. The van der Waals surface area contributed by atoms with E-state index in [-0.39, 0.29) is 12.7 Å². The van der Waals surface area contributed by atoms with E-state index >= 15 is 0 Å². The van der Waals surface area contributed by atoms with Gasteiger partial charge in [0.15, 0.2) is 11.5 Å². The smallest absolute Gasteiger partial charge is 0.235 e. The summed E-state index contributed by atoms with van der Waals surface area (Å²) in [6.45, 7) is 2.20. The molecule has 2 aromatic carbocycles. The van der Waals surface area contributed by atoms with Crippen LogP contribution in [0.1, 0.15) is 24.1 Å². The van der Waals surface area contributed by atoms with Gasteiger partial charge in [-0.3, -0.25) is 14.5 Å². The first-order valence-corrected chi connectivity index (χ1v) is 11.0. The van der Waals surface area contributed by atoms with Gasteiger partial charge in [-0.15, -0.1) is 0 Å². The molecule has 31 heavy (non-hydrogen) atoms. The second kappa shape index (κ2) is 7.90. The standard InChI is InChI=1S/C24H23N3O3S/c1-15-20(16-3-6-19(7-4-16)31-25-2)12-18(13-26-15)27-23(28)24(9-10-24)17-5-8-21-22(11-17)30-14-29-21/h3-8,11-13,25H,9-10,14H2,1-2H3,(H,27,28). The second-order valence-corrected chi connectivity index (χ2v) is 8.88. The van der Waals surface area contributed by atoms with Crippen molar-refractivity contribution in [1.82, 2.24) is 9.71 Å². The normalized spacial score (nSPS) is 15.5. The Morgan fingerprint density at radius 2 is 1.84 bits per heavy atom. The lowest BCUT2D eigenvalue weighted by Crippen LogP contribution is -2.27. The number of aromatic nitrogens is 1. The molecule has 0 atom stereocenters. The van der Waals surface area contributed by atoms with E-state index in [1.807, 2.05) is 38.2 Å². The first kappa shape index (κ1) is 19.9. The number of amides is 1. The minimum Gasteiger partial charge on any atom is -0.454 e. The molecular weight excluding hydrogens is 410 g/mol. The summed E-state index contributed by atoms with van der Waals surface area (Å²) in [5, 5.41) is 3.09. The molecule has 0 radical (unpaired) electrons. The molecule has 2 N–H and O–H groups in total. The fourth-order valence-corrected chi connectivity index (χ4v) is 4.44. The highest BCUT2D eigenvalue weighted by Gasteiger charge is 2.51. The Hall–Kier alpha value is -3.03. The summed E-state index contributed by atoms with van der Waals surface area (Å²) in [4.78, 5) is 18.9. The van der Waals surface area contributed by atoms with Crippen LogP contribution in [-0.2, 0) is 10.2 Å². The molecule has 158 valence electrons. The maximum Gasteiger partial charge on any atom is 0.235 e. The quantitative estimate of drug-likeness (QED) is 0.550. The van der Waals surface area contributed by atoms with Gasteiger partial charge in [-0.25, -0.2) is 0 Å². The molecule has 2 aliphatic rings. The molecule has 1 aliphatic heterocycles. The van der Waals surface area contributed by atoms with Crippen molar-refractivity contribution in [2.24, 2.45) is 0 Å². The SMILES string of the molecule is CNSc1ccc(-c2cc(NC(=O)C3(c4ccc5c(c4)OCO5)CC3)cnc2C)cc1. The van der Waals surface area contributed by atoms with Crippen LogP contribution >= 0.6 is 11.9 Å². The van der Waals surface area contributed by atoms with Crippen LogP contribution < -0.4 is 19.5 Å². The molecule has 3 aromatic rings. The number of carbonyl (C=O) groups is 1. The summed E-state index contributed by atoms with van der Waals surface area (Å²) < 4.78 is 14.0. The van der Waals surface area contributed by atoms with Gasteiger partial charge in [-0.1, -0.05) is 18.2 Å². The molecule has 2 heterocycles. The lowest BCUT2D eigenvalue weighted by molar-refractivity contribution is -0.118. The molecule has 1 amide bonds. The van der Waals surface area contributed by atoms with Gasteiger partial charge in [0.2, 0.25) is 12.7 Å². The van der Waals surface area contributed by atoms with Crippen molar-refractivity contribution in [3.63, 3.8) is 0 Å². The minimum atomic E-state index is -0.516. The Balaban J connectivity index is 1.38. The Kier molecular flexibility index (Phi) is 5.08. The number of carbonyl (C=O) groups excluding carboxylic acids is 1. The van der Waals surface area contributed by atoms with Gasteiger partial charge >= 0.3 is 0 Å². The van der Waals surface area contributed by atoms with E-state index < -0.39 is 5.41 Å². The number of fused-ring (bicyclic) bond motifs is 1. The molecule has 7 heteroatoms. The van der Waals surface area contributed by atoms with Gasteiger partial charge in [-0.05, 0) is 80.2 Å². The third-order valence-corrected chi connectivity index (χ3v) is 6.55. The van der Waals surface area contributed by atoms with Crippen LogP contribution in [0, 0.1) is 6.92 Å². The number of hydrogen-bond acceptors (Lipinski definition) is 6. The summed E-state index contributed by atoms with van der Waals surface area (Å²) in [5.74, 6) is 1.42. The summed E-state index contributed by atoms with van der Waals surface area (Å²) in [5.41, 5.74) is 4.14. The molecule has 6 nitrogen and oxygen atoms in total. The van der Waals surface area contributed by atoms with Crippen molar-refractivity contribution in [3.8, 4) is 22.6 Å². The highest BCUT2D eigenvalue weighted by atomic mass is 32.2. The zero-order valence-corrected chi connectivity index (χ0v) is 18.2. The summed E-state index contributed by atoms with van der Waals surface area (Å²) in [6, 6.07) is 16.1. The van der Waals surface area contributed by atoms with Gasteiger partial charge in [-0.2, -0.15) is 0 Å². The molecule has 0 saturated heterocycles. The fraction of sp³-hybridized carbons (Fsp3) is 0.250. The molecular formula is C24H23N3O3S. The third kappa shape index (κ3) is 3.75.